The molecular weight excluding hydrogens is 271 g/mol. The van der Waals surface area contributed by atoms with Gasteiger partial charge in [0.05, 0.1) is 5.56 Å². The average Bonchev–Trinajstić information content (AvgIpc) is 2.41. The van der Waals surface area contributed by atoms with Crippen molar-refractivity contribution in [2.75, 3.05) is 5.32 Å². The highest BCUT2D eigenvalue weighted by Gasteiger charge is 2.22. The quantitative estimate of drug-likeness (QED) is 0.798. The SMILES string of the molecule is CCCC1CCC(Nc2cccc(F)c2C(N)=S)CC1. The molecule has 0 spiro atoms. The maximum Gasteiger partial charge on any atom is 0.135 e. The highest BCUT2D eigenvalue weighted by molar-refractivity contribution is 7.80. The Kier molecular flexibility index (Phi) is 5.35. The van der Waals surface area contributed by atoms with E-state index in [2.05, 4.69) is 12.2 Å². The van der Waals surface area contributed by atoms with Crippen LogP contribution >= 0.6 is 12.2 Å². The maximum absolute atomic E-state index is 13.8. The Balaban J connectivity index is 2.01. The van der Waals surface area contributed by atoms with Gasteiger partial charge < -0.3 is 11.1 Å². The van der Waals surface area contributed by atoms with E-state index >= 15 is 0 Å². The molecule has 0 amide bonds. The summed E-state index contributed by atoms with van der Waals surface area (Å²) in [6, 6.07) is 5.35. The smallest absolute Gasteiger partial charge is 0.135 e. The zero-order valence-corrected chi connectivity index (χ0v) is 12.8. The minimum atomic E-state index is -0.345. The second kappa shape index (κ2) is 7.02. The van der Waals surface area contributed by atoms with Crippen LogP contribution in [0.5, 0.6) is 0 Å². The van der Waals surface area contributed by atoms with Crippen molar-refractivity contribution >= 4 is 22.9 Å². The highest BCUT2D eigenvalue weighted by Crippen LogP contribution is 2.30. The minimum absolute atomic E-state index is 0.116. The topological polar surface area (TPSA) is 38.0 Å². The summed E-state index contributed by atoms with van der Waals surface area (Å²) in [5, 5.41) is 3.43. The van der Waals surface area contributed by atoms with E-state index in [1.165, 1.54) is 31.7 Å². The number of halogens is 1. The van der Waals surface area contributed by atoms with E-state index in [-0.39, 0.29) is 10.8 Å². The van der Waals surface area contributed by atoms with Crippen molar-refractivity contribution in [1.82, 2.24) is 0 Å². The van der Waals surface area contributed by atoms with Gasteiger partial charge in [0.1, 0.15) is 10.8 Å². The molecule has 1 aliphatic rings. The van der Waals surface area contributed by atoms with Crippen LogP contribution in [0.4, 0.5) is 10.1 Å². The van der Waals surface area contributed by atoms with Gasteiger partial charge in [-0.2, -0.15) is 0 Å². The normalized spacial score (nSPS) is 22.5. The lowest BCUT2D eigenvalue weighted by Crippen LogP contribution is -2.27. The number of benzene rings is 1. The highest BCUT2D eigenvalue weighted by atomic mass is 32.1. The van der Waals surface area contributed by atoms with Crippen LogP contribution in [0.2, 0.25) is 0 Å². The first kappa shape index (κ1) is 15.2. The Morgan fingerprint density at radius 1 is 1.35 bits per heavy atom. The van der Waals surface area contributed by atoms with Gasteiger partial charge in [-0.25, -0.2) is 4.39 Å². The Hall–Kier alpha value is -1.16. The van der Waals surface area contributed by atoms with Crippen LogP contribution in [0.15, 0.2) is 18.2 Å². The molecule has 2 rings (SSSR count). The van der Waals surface area contributed by atoms with Crippen LogP contribution < -0.4 is 11.1 Å². The molecule has 1 saturated carbocycles. The first-order valence-electron chi connectivity index (χ1n) is 7.46. The third kappa shape index (κ3) is 3.69. The summed E-state index contributed by atoms with van der Waals surface area (Å²) in [6.07, 6.45) is 7.37. The summed E-state index contributed by atoms with van der Waals surface area (Å²) in [4.78, 5) is 0.116. The molecule has 3 N–H and O–H groups in total. The molecule has 0 bridgehead atoms. The summed E-state index contributed by atoms with van der Waals surface area (Å²) in [5.41, 5.74) is 6.71. The van der Waals surface area contributed by atoms with E-state index in [0.717, 1.165) is 24.4 Å². The van der Waals surface area contributed by atoms with E-state index in [1.807, 2.05) is 6.07 Å². The fourth-order valence-electron chi connectivity index (χ4n) is 3.12. The van der Waals surface area contributed by atoms with Crippen molar-refractivity contribution in [3.05, 3.63) is 29.6 Å². The Labute approximate surface area is 125 Å². The first-order valence-corrected chi connectivity index (χ1v) is 7.87. The van der Waals surface area contributed by atoms with E-state index in [1.54, 1.807) is 6.07 Å². The van der Waals surface area contributed by atoms with Gasteiger partial charge in [-0.1, -0.05) is 38.0 Å². The zero-order valence-electron chi connectivity index (χ0n) is 12.0. The number of hydrogen-bond donors (Lipinski definition) is 2. The van der Waals surface area contributed by atoms with E-state index in [4.69, 9.17) is 18.0 Å². The lowest BCUT2D eigenvalue weighted by atomic mass is 9.83. The summed E-state index contributed by atoms with van der Waals surface area (Å²) in [5.74, 6) is 0.516. The van der Waals surface area contributed by atoms with Gasteiger partial charge in [-0.3, -0.25) is 0 Å². The fraction of sp³-hybridized carbons (Fsp3) is 0.562. The molecule has 110 valence electrons. The Morgan fingerprint density at radius 2 is 2.05 bits per heavy atom. The van der Waals surface area contributed by atoms with Gasteiger partial charge in [0.15, 0.2) is 0 Å². The summed E-state index contributed by atoms with van der Waals surface area (Å²) in [7, 11) is 0. The van der Waals surface area contributed by atoms with Crippen molar-refractivity contribution in [2.45, 2.75) is 51.5 Å². The van der Waals surface area contributed by atoms with Gasteiger partial charge in [0, 0.05) is 11.7 Å². The fourth-order valence-corrected chi connectivity index (χ4v) is 3.33. The molecule has 4 heteroatoms. The second-order valence-electron chi connectivity index (χ2n) is 5.68. The van der Waals surface area contributed by atoms with Crippen LogP contribution in [-0.2, 0) is 0 Å². The van der Waals surface area contributed by atoms with Crippen molar-refractivity contribution in [1.29, 1.82) is 0 Å². The number of anilines is 1. The molecule has 2 nitrogen and oxygen atoms in total. The summed E-state index contributed by atoms with van der Waals surface area (Å²) in [6.45, 7) is 2.24. The Morgan fingerprint density at radius 3 is 2.65 bits per heavy atom. The van der Waals surface area contributed by atoms with E-state index in [9.17, 15) is 4.39 Å². The molecule has 0 atom stereocenters. The first-order chi connectivity index (χ1) is 9.61. The molecule has 20 heavy (non-hydrogen) atoms. The van der Waals surface area contributed by atoms with Crippen LogP contribution in [0, 0.1) is 11.7 Å². The molecule has 1 aromatic rings. The maximum atomic E-state index is 13.8. The molecule has 1 fully saturated rings. The van der Waals surface area contributed by atoms with E-state index in [0.29, 0.717) is 11.6 Å². The van der Waals surface area contributed by atoms with Gasteiger partial charge in [0.2, 0.25) is 0 Å². The van der Waals surface area contributed by atoms with Crippen LogP contribution in [0.1, 0.15) is 51.0 Å². The van der Waals surface area contributed by atoms with E-state index < -0.39 is 0 Å². The van der Waals surface area contributed by atoms with Gasteiger partial charge in [-0.15, -0.1) is 0 Å². The summed E-state index contributed by atoms with van der Waals surface area (Å²) < 4.78 is 13.8. The number of thiocarbonyl (C=S) groups is 1. The number of rotatable bonds is 5. The second-order valence-corrected chi connectivity index (χ2v) is 6.12. The standard InChI is InChI=1S/C16H23FN2S/c1-2-4-11-7-9-12(10-8-11)19-14-6-3-5-13(17)15(14)16(18)20/h3,5-6,11-12,19H,2,4,7-10H2,1H3,(H2,18,20). The minimum Gasteiger partial charge on any atom is -0.389 e. The Bertz CT molecular complexity index is 468. The van der Waals surface area contributed by atoms with Crippen LogP contribution in [0.25, 0.3) is 0 Å². The van der Waals surface area contributed by atoms with Crippen LogP contribution in [-0.4, -0.2) is 11.0 Å². The molecule has 0 aromatic heterocycles. The van der Waals surface area contributed by atoms with Crippen molar-refractivity contribution in [2.24, 2.45) is 11.7 Å². The number of nitrogens with two attached hydrogens (primary N) is 1. The molecule has 0 saturated heterocycles. The molecular formula is C16H23FN2S. The molecule has 1 aliphatic carbocycles. The molecule has 0 radical (unpaired) electrons. The number of hydrogen-bond acceptors (Lipinski definition) is 2. The van der Waals surface area contributed by atoms with Crippen LogP contribution in [0.3, 0.4) is 0 Å². The molecule has 1 aromatic carbocycles. The predicted octanol–water partition coefficient (Wildman–Crippen LogP) is 4.23. The van der Waals surface area contributed by atoms with Gasteiger partial charge in [0.25, 0.3) is 0 Å². The monoisotopic (exact) mass is 294 g/mol. The van der Waals surface area contributed by atoms with Crippen molar-refractivity contribution in [3.63, 3.8) is 0 Å². The molecule has 0 aliphatic heterocycles. The van der Waals surface area contributed by atoms with Gasteiger partial charge in [-0.05, 0) is 43.7 Å². The van der Waals surface area contributed by atoms with Gasteiger partial charge >= 0.3 is 0 Å². The predicted molar refractivity (Wildman–Crippen MR) is 86.6 cm³/mol. The van der Waals surface area contributed by atoms with Crippen molar-refractivity contribution < 1.29 is 4.39 Å². The zero-order chi connectivity index (χ0) is 14.5. The number of nitrogens with one attached hydrogen (secondary N) is 1. The average molecular weight is 294 g/mol. The lowest BCUT2D eigenvalue weighted by molar-refractivity contribution is 0.319. The van der Waals surface area contributed by atoms with Crippen molar-refractivity contribution in [3.8, 4) is 0 Å². The summed E-state index contributed by atoms with van der Waals surface area (Å²) >= 11 is 4.96. The third-order valence-electron chi connectivity index (χ3n) is 4.16. The lowest BCUT2D eigenvalue weighted by Gasteiger charge is -2.30. The molecule has 0 unspecified atom stereocenters. The largest absolute Gasteiger partial charge is 0.389 e. The third-order valence-corrected chi connectivity index (χ3v) is 4.37. The molecule has 0 heterocycles.